The van der Waals surface area contributed by atoms with E-state index in [1.807, 2.05) is 43.5 Å². The number of nitrogens with zero attached hydrogens (tertiary/aromatic N) is 1. The van der Waals surface area contributed by atoms with Crippen molar-refractivity contribution in [3.05, 3.63) is 50.1 Å². The Bertz CT molecular complexity index is 647. The van der Waals surface area contributed by atoms with Crippen molar-refractivity contribution < 1.29 is 9.53 Å². The number of rotatable bonds is 5. The van der Waals surface area contributed by atoms with Gasteiger partial charge in [0.15, 0.2) is 6.61 Å². The Balaban J connectivity index is 1.84. The van der Waals surface area contributed by atoms with Crippen LogP contribution in [0.4, 0.5) is 0 Å². The third-order valence-electron chi connectivity index (χ3n) is 2.73. The van der Waals surface area contributed by atoms with Crippen LogP contribution in [-0.2, 0) is 4.79 Å². The van der Waals surface area contributed by atoms with E-state index in [9.17, 15) is 4.79 Å². The number of hydrogen-bond acceptors (Lipinski definition) is 4. The lowest BCUT2D eigenvalue weighted by Crippen LogP contribution is -2.24. The largest absolute Gasteiger partial charge is 0.483 e. The highest BCUT2D eigenvalue weighted by atomic mass is 79.9. The van der Waals surface area contributed by atoms with Crippen LogP contribution in [-0.4, -0.2) is 18.7 Å². The molecule has 1 aromatic carbocycles. The van der Waals surface area contributed by atoms with E-state index >= 15 is 0 Å². The molecule has 0 fully saturated rings. The van der Waals surface area contributed by atoms with Crippen LogP contribution in [0.3, 0.4) is 0 Å². The molecule has 4 nitrogen and oxygen atoms in total. The fourth-order valence-corrected chi connectivity index (χ4v) is 3.06. The van der Waals surface area contributed by atoms with Crippen molar-refractivity contribution in [3.63, 3.8) is 0 Å². The minimum absolute atomic E-state index is 0.0584. The number of halogens is 1. The van der Waals surface area contributed by atoms with Crippen LogP contribution in [0, 0.1) is 13.8 Å². The molecule has 0 aliphatic rings. The van der Waals surface area contributed by atoms with Gasteiger partial charge in [-0.2, -0.15) is 5.10 Å². The van der Waals surface area contributed by atoms with Crippen LogP contribution in [0.25, 0.3) is 0 Å². The molecule has 0 aliphatic carbocycles. The minimum Gasteiger partial charge on any atom is -0.483 e. The lowest BCUT2D eigenvalue weighted by molar-refractivity contribution is -0.123. The molecule has 0 unspecified atom stereocenters. The third-order valence-corrected chi connectivity index (χ3v) is 4.35. The zero-order valence-electron chi connectivity index (χ0n) is 11.7. The highest BCUT2D eigenvalue weighted by molar-refractivity contribution is 9.10. The molecule has 2 aromatic rings. The zero-order chi connectivity index (χ0) is 15.2. The summed E-state index contributed by atoms with van der Waals surface area (Å²) in [7, 11) is 0. The molecular formula is C15H15BrN2O2S. The van der Waals surface area contributed by atoms with Crippen molar-refractivity contribution in [3.8, 4) is 5.75 Å². The van der Waals surface area contributed by atoms with E-state index in [1.54, 1.807) is 6.21 Å². The predicted molar refractivity (Wildman–Crippen MR) is 89.2 cm³/mol. The number of nitrogens with one attached hydrogen (secondary N) is 1. The Morgan fingerprint density at radius 3 is 2.76 bits per heavy atom. The Morgan fingerprint density at radius 2 is 2.14 bits per heavy atom. The number of carbonyl (C=O) groups excluding carboxylic acids is 1. The van der Waals surface area contributed by atoms with Gasteiger partial charge >= 0.3 is 0 Å². The van der Waals surface area contributed by atoms with Gasteiger partial charge < -0.3 is 4.74 Å². The molecule has 110 valence electrons. The van der Waals surface area contributed by atoms with Crippen LogP contribution in [0.2, 0.25) is 0 Å². The average molecular weight is 367 g/mol. The number of thiophene rings is 1. The summed E-state index contributed by atoms with van der Waals surface area (Å²) in [5.74, 6) is 0.461. The molecule has 0 radical (unpaired) electrons. The summed E-state index contributed by atoms with van der Waals surface area (Å²) < 4.78 is 6.54. The van der Waals surface area contributed by atoms with Crippen molar-refractivity contribution in [2.45, 2.75) is 13.8 Å². The number of para-hydroxylation sites is 1. The van der Waals surface area contributed by atoms with Crippen LogP contribution >= 0.6 is 27.3 Å². The van der Waals surface area contributed by atoms with Crippen LogP contribution in [0.15, 0.2) is 39.2 Å². The van der Waals surface area contributed by atoms with Gasteiger partial charge in [0.25, 0.3) is 5.91 Å². The first-order valence-electron chi connectivity index (χ1n) is 6.31. The van der Waals surface area contributed by atoms with Gasteiger partial charge in [-0.1, -0.05) is 18.2 Å². The normalized spacial score (nSPS) is 10.8. The second kappa shape index (κ2) is 7.38. The molecule has 0 atom stereocenters. The summed E-state index contributed by atoms with van der Waals surface area (Å²) in [4.78, 5) is 12.6. The monoisotopic (exact) mass is 366 g/mol. The standard InChI is InChI=1S/C15H15BrN2O2S/c1-10-4-3-5-11(2)15(10)20-8-14(19)18-17-7-13-6-12(16)9-21-13/h3-7,9H,8H2,1-2H3,(H,18,19). The number of hydrazone groups is 1. The van der Waals surface area contributed by atoms with E-state index in [-0.39, 0.29) is 12.5 Å². The molecule has 0 saturated carbocycles. The van der Waals surface area contributed by atoms with Crippen molar-refractivity contribution in [1.82, 2.24) is 5.43 Å². The van der Waals surface area contributed by atoms with Gasteiger partial charge in [0, 0.05) is 14.7 Å². The number of hydrogen-bond donors (Lipinski definition) is 1. The topological polar surface area (TPSA) is 50.7 Å². The van der Waals surface area contributed by atoms with E-state index in [0.29, 0.717) is 0 Å². The molecule has 6 heteroatoms. The number of aryl methyl sites for hydroxylation is 2. The Kier molecular flexibility index (Phi) is 5.52. The van der Waals surface area contributed by atoms with Gasteiger partial charge in [-0.25, -0.2) is 5.43 Å². The highest BCUT2D eigenvalue weighted by Crippen LogP contribution is 2.22. The Labute approximate surface area is 136 Å². The second-order valence-corrected chi connectivity index (χ2v) is 6.33. The van der Waals surface area contributed by atoms with E-state index < -0.39 is 0 Å². The molecule has 1 aromatic heterocycles. The van der Waals surface area contributed by atoms with Crippen molar-refractivity contribution >= 4 is 39.4 Å². The molecule has 1 N–H and O–H groups in total. The van der Waals surface area contributed by atoms with Gasteiger partial charge in [-0.05, 0) is 47.0 Å². The quantitative estimate of drug-likeness (QED) is 0.648. The summed E-state index contributed by atoms with van der Waals surface area (Å²) in [6, 6.07) is 7.79. The molecule has 0 spiro atoms. The lowest BCUT2D eigenvalue weighted by atomic mass is 10.1. The third kappa shape index (κ3) is 4.68. The van der Waals surface area contributed by atoms with Gasteiger partial charge in [0.05, 0.1) is 6.21 Å². The molecule has 1 heterocycles. The fourth-order valence-electron chi connectivity index (χ4n) is 1.76. The van der Waals surface area contributed by atoms with Crippen molar-refractivity contribution in [1.29, 1.82) is 0 Å². The van der Waals surface area contributed by atoms with E-state index in [0.717, 1.165) is 26.2 Å². The number of amides is 1. The van der Waals surface area contributed by atoms with Crippen LogP contribution in [0.5, 0.6) is 5.75 Å². The van der Waals surface area contributed by atoms with Crippen LogP contribution < -0.4 is 10.2 Å². The zero-order valence-corrected chi connectivity index (χ0v) is 14.1. The van der Waals surface area contributed by atoms with E-state index in [1.165, 1.54) is 11.3 Å². The molecule has 0 saturated heterocycles. The highest BCUT2D eigenvalue weighted by Gasteiger charge is 2.06. The smallest absolute Gasteiger partial charge is 0.277 e. The first-order valence-corrected chi connectivity index (χ1v) is 7.98. The predicted octanol–water partition coefficient (Wildman–Crippen LogP) is 3.66. The van der Waals surface area contributed by atoms with E-state index in [2.05, 4.69) is 26.5 Å². The van der Waals surface area contributed by atoms with E-state index in [4.69, 9.17) is 4.74 Å². The Hall–Kier alpha value is -1.66. The number of carbonyl (C=O) groups is 1. The second-order valence-electron chi connectivity index (χ2n) is 4.47. The maximum atomic E-state index is 11.7. The molecule has 0 aliphatic heterocycles. The molecule has 2 rings (SSSR count). The van der Waals surface area contributed by atoms with Crippen LogP contribution in [0.1, 0.15) is 16.0 Å². The van der Waals surface area contributed by atoms with Crippen molar-refractivity contribution in [2.24, 2.45) is 5.10 Å². The first kappa shape index (κ1) is 15.7. The molecule has 21 heavy (non-hydrogen) atoms. The minimum atomic E-state index is -0.287. The summed E-state index contributed by atoms with van der Waals surface area (Å²) in [5.41, 5.74) is 4.46. The summed E-state index contributed by atoms with van der Waals surface area (Å²) >= 11 is 4.90. The SMILES string of the molecule is Cc1cccc(C)c1OCC(=O)NN=Cc1cc(Br)cs1. The number of benzene rings is 1. The maximum absolute atomic E-state index is 11.7. The summed E-state index contributed by atoms with van der Waals surface area (Å²) in [6.07, 6.45) is 1.60. The lowest BCUT2D eigenvalue weighted by Gasteiger charge is -2.10. The number of ether oxygens (including phenoxy) is 1. The summed E-state index contributed by atoms with van der Waals surface area (Å²) in [6.45, 7) is 3.84. The molecule has 0 bridgehead atoms. The van der Waals surface area contributed by atoms with Gasteiger partial charge in [-0.3, -0.25) is 4.79 Å². The van der Waals surface area contributed by atoms with Gasteiger partial charge in [0.1, 0.15) is 5.75 Å². The Morgan fingerprint density at radius 1 is 1.43 bits per heavy atom. The molecule has 1 amide bonds. The average Bonchev–Trinajstić information content (AvgIpc) is 2.84. The van der Waals surface area contributed by atoms with Gasteiger partial charge in [0.2, 0.25) is 0 Å². The van der Waals surface area contributed by atoms with Crippen molar-refractivity contribution in [2.75, 3.05) is 6.61 Å². The fraction of sp³-hybridized carbons (Fsp3) is 0.200. The molecular weight excluding hydrogens is 352 g/mol. The summed E-state index contributed by atoms with van der Waals surface area (Å²) in [5, 5.41) is 5.85. The first-order chi connectivity index (χ1) is 10.1. The maximum Gasteiger partial charge on any atom is 0.277 e. The van der Waals surface area contributed by atoms with Gasteiger partial charge in [-0.15, -0.1) is 11.3 Å².